The van der Waals surface area contributed by atoms with E-state index >= 15 is 0 Å². The molecule has 0 saturated carbocycles. The number of hydrogen-bond donors (Lipinski definition) is 2. The minimum absolute atomic E-state index is 0.0926. The second kappa shape index (κ2) is 9.95. The van der Waals surface area contributed by atoms with Gasteiger partial charge in [0.1, 0.15) is 6.54 Å². The fourth-order valence-corrected chi connectivity index (χ4v) is 0.738. The molecule has 0 aliphatic heterocycles. The molecule has 0 aliphatic rings. The lowest BCUT2D eigenvalue weighted by atomic mass is 10.4. The van der Waals surface area contributed by atoms with Gasteiger partial charge in [-0.25, -0.2) is 0 Å². The molecule has 0 spiro atoms. The zero-order valence-corrected chi connectivity index (χ0v) is 10.2. The Morgan fingerprint density at radius 1 is 1.19 bits per heavy atom. The van der Waals surface area contributed by atoms with E-state index in [9.17, 15) is 14.4 Å². The van der Waals surface area contributed by atoms with Crippen LogP contribution in [0.5, 0.6) is 0 Å². The molecule has 0 aromatic heterocycles. The summed E-state index contributed by atoms with van der Waals surface area (Å²) in [5, 5.41) is 10.7. The van der Waals surface area contributed by atoms with Crippen molar-refractivity contribution in [2.24, 2.45) is 0 Å². The molecule has 0 saturated heterocycles. The Kier molecular flexibility index (Phi) is 10.5. The lowest BCUT2D eigenvalue weighted by Crippen LogP contribution is -2.31. The first kappa shape index (κ1) is 16.8. The number of rotatable bonds is 4. The third kappa shape index (κ3) is 10.5. The monoisotopic (exact) mass is 232 g/mol. The summed E-state index contributed by atoms with van der Waals surface area (Å²) in [7, 11) is 3.10. The highest BCUT2D eigenvalue weighted by atomic mass is 16.4. The normalized spacial score (nSPS) is 8.50. The van der Waals surface area contributed by atoms with Crippen molar-refractivity contribution in [3.05, 3.63) is 0 Å². The van der Waals surface area contributed by atoms with E-state index in [2.05, 4.69) is 5.32 Å². The number of carbonyl (C=O) groups excluding carboxylic acids is 2. The van der Waals surface area contributed by atoms with Gasteiger partial charge in [0.25, 0.3) is 0 Å². The second-order valence-electron chi connectivity index (χ2n) is 3.02. The number of nitrogens with zero attached hydrogens (tertiary/aromatic N) is 1. The lowest BCUT2D eigenvalue weighted by molar-refractivity contribution is -0.143. The van der Waals surface area contributed by atoms with Crippen LogP contribution in [0.15, 0.2) is 0 Å². The Hall–Kier alpha value is -1.59. The van der Waals surface area contributed by atoms with Crippen molar-refractivity contribution in [2.45, 2.75) is 26.7 Å². The van der Waals surface area contributed by atoms with Crippen molar-refractivity contribution in [3.63, 3.8) is 0 Å². The number of carbonyl (C=O) groups is 3. The van der Waals surface area contributed by atoms with Crippen molar-refractivity contribution < 1.29 is 19.5 Å². The molecule has 6 heteroatoms. The molecule has 6 nitrogen and oxygen atoms in total. The third-order valence-electron chi connectivity index (χ3n) is 1.70. The first-order chi connectivity index (χ1) is 7.38. The summed E-state index contributed by atoms with van der Waals surface area (Å²) in [4.78, 5) is 32.0. The van der Waals surface area contributed by atoms with E-state index in [-0.39, 0.29) is 18.4 Å². The van der Waals surface area contributed by atoms with Gasteiger partial charge < -0.3 is 15.3 Å². The number of nitrogens with one attached hydrogen (secondary N) is 1. The molecule has 0 rings (SSSR count). The minimum Gasteiger partial charge on any atom is -0.480 e. The van der Waals surface area contributed by atoms with E-state index in [0.717, 1.165) is 0 Å². The molecule has 0 heterocycles. The molecular weight excluding hydrogens is 212 g/mol. The van der Waals surface area contributed by atoms with Crippen LogP contribution in [0.1, 0.15) is 26.7 Å². The van der Waals surface area contributed by atoms with Crippen LogP contribution >= 0.6 is 0 Å². The third-order valence-corrected chi connectivity index (χ3v) is 1.70. The maximum atomic E-state index is 10.7. The second-order valence-corrected chi connectivity index (χ2v) is 3.02. The van der Waals surface area contributed by atoms with E-state index in [0.29, 0.717) is 12.8 Å². The van der Waals surface area contributed by atoms with E-state index in [1.54, 1.807) is 14.0 Å². The summed E-state index contributed by atoms with van der Waals surface area (Å²) in [6.45, 7) is 3.30. The summed E-state index contributed by atoms with van der Waals surface area (Å²) < 4.78 is 0. The van der Waals surface area contributed by atoms with E-state index in [1.807, 2.05) is 6.92 Å². The SMILES string of the molecule is CCC(=O)N(C)CC(=O)O.CCC(=O)NC. The summed E-state index contributed by atoms with van der Waals surface area (Å²) in [5.41, 5.74) is 0. The van der Waals surface area contributed by atoms with Crippen molar-refractivity contribution in [2.75, 3.05) is 20.6 Å². The van der Waals surface area contributed by atoms with Gasteiger partial charge in [0.15, 0.2) is 0 Å². The summed E-state index contributed by atoms with van der Waals surface area (Å²) in [6.07, 6.45) is 0.931. The number of carboxylic acids is 1. The Morgan fingerprint density at radius 3 is 1.88 bits per heavy atom. The summed E-state index contributed by atoms with van der Waals surface area (Å²) >= 11 is 0. The topological polar surface area (TPSA) is 86.7 Å². The molecule has 0 fully saturated rings. The standard InChI is InChI=1S/C6H11NO3.C4H9NO/c1-3-5(8)7(2)4-6(9)10;1-3-4(6)5-2/h3-4H2,1-2H3,(H,9,10);3H2,1-2H3,(H,5,6). The van der Waals surface area contributed by atoms with Gasteiger partial charge in [-0.3, -0.25) is 14.4 Å². The first-order valence-corrected chi connectivity index (χ1v) is 5.05. The van der Waals surface area contributed by atoms with Gasteiger partial charge in [-0.15, -0.1) is 0 Å². The average Bonchev–Trinajstić information content (AvgIpc) is 2.26. The van der Waals surface area contributed by atoms with E-state index in [1.165, 1.54) is 11.9 Å². The largest absolute Gasteiger partial charge is 0.480 e. The first-order valence-electron chi connectivity index (χ1n) is 5.05. The average molecular weight is 232 g/mol. The fraction of sp³-hybridized carbons (Fsp3) is 0.700. The quantitative estimate of drug-likeness (QED) is 0.718. The Bertz CT molecular complexity index is 235. The van der Waals surface area contributed by atoms with Crippen LogP contribution in [-0.2, 0) is 14.4 Å². The molecule has 2 N–H and O–H groups in total. The highest BCUT2D eigenvalue weighted by Crippen LogP contribution is 1.87. The van der Waals surface area contributed by atoms with Gasteiger partial charge in [0, 0.05) is 26.9 Å². The molecule has 0 atom stereocenters. The number of amides is 2. The van der Waals surface area contributed by atoms with Gasteiger partial charge in [-0.05, 0) is 0 Å². The lowest BCUT2D eigenvalue weighted by Gasteiger charge is -2.12. The predicted molar refractivity (Wildman–Crippen MR) is 59.9 cm³/mol. The van der Waals surface area contributed by atoms with Gasteiger partial charge in [-0.1, -0.05) is 13.8 Å². The smallest absolute Gasteiger partial charge is 0.323 e. The van der Waals surface area contributed by atoms with Crippen molar-refractivity contribution in [3.8, 4) is 0 Å². The highest BCUT2D eigenvalue weighted by Gasteiger charge is 2.08. The number of carboxylic acid groups (broad SMARTS) is 1. The van der Waals surface area contributed by atoms with Gasteiger partial charge in [0.2, 0.25) is 11.8 Å². The van der Waals surface area contributed by atoms with Crippen LogP contribution in [0.25, 0.3) is 0 Å². The summed E-state index contributed by atoms with van der Waals surface area (Å²) in [5.74, 6) is -1.04. The Balaban J connectivity index is 0. The molecule has 2 amide bonds. The minimum atomic E-state index is -0.982. The van der Waals surface area contributed by atoms with Crippen LogP contribution in [0, 0.1) is 0 Å². The molecule has 0 aromatic rings. The molecule has 0 aromatic carbocycles. The van der Waals surface area contributed by atoms with Crippen molar-refractivity contribution in [1.82, 2.24) is 10.2 Å². The predicted octanol–water partition coefficient (Wildman–Crippen LogP) is 0.0818. The van der Waals surface area contributed by atoms with Crippen LogP contribution in [0.3, 0.4) is 0 Å². The molecule has 0 unspecified atom stereocenters. The fourth-order valence-electron chi connectivity index (χ4n) is 0.738. The molecule has 0 aliphatic carbocycles. The Labute approximate surface area is 95.6 Å². The molecular formula is C10H20N2O4. The van der Waals surface area contributed by atoms with Crippen LogP contribution in [-0.4, -0.2) is 48.4 Å². The van der Waals surface area contributed by atoms with E-state index < -0.39 is 5.97 Å². The molecule has 94 valence electrons. The van der Waals surface area contributed by atoms with Gasteiger partial charge >= 0.3 is 5.97 Å². The molecule has 0 bridgehead atoms. The zero-order valence-electron chi connectivity index (χ0n) is 10.2. The highest BCUT2D eigenvalue weighted by molar-refractivity contribution is 5.80. The van der Waals surface area contributed by atoms with E-state index in [4.69, 9.17) is 5.11 Å². The number of aliphatic carboxylic acids is 1. The summed E-state index contributed by atoms with van der Waals surface area (Å²) in [6, 6.07) is 0. The zero-order chi connectivity index (χ0) is 13.1. The van der Waals surface area contributed by atoms with Crippen LogP contribution in [0.2, 0.25) is 0 Å². The van der Waals surface area contributed by atoms with Gasteiger partial charge in [-0.2, -0.15) is 0 Å². The van der Waals surface area contributed by atoms with Gasteiger partial charge in [0.05, 0.1) is 0 Å². The van der Waals surface area contributed by atoms with Crippen LogP contribution in [0.4, 0.5) is 0 Å². The van der Waals surface area contributed by atoms with Crippen molar-refractivity contribution >= 4 is 17.8 Å². The van der Waals surface area contributed by atoms with Crippen LogP contribution < -0.4 is 5.32 Å². The molecule has 16 heavy (non-hydrogen) atoms. The maximum absolute atomic E-state index is 10.7. The van der Waals surface area contributed by atoms with Crippen molar-refractivity contribution in [1.29, 1.82) is 0 Å². The molecule has 0 radical (unpaired) electrons. The maximum Gasteiger partial charge on any atom is 0.323 e. The number of likely N-dealkylation sites (N-methyl/N-ethyl adjacent to an activating group) is 1. The number of hydrogen-bond acceptors (Lipinski definition) is 3. The Morgan fingerprint density at radius 2 is 1.69 bits per heavy atom.